The Kier molecular flexibility index (Phi) is 5.59. The van der Waals surface area contributed by atoms with Crippen molar-refractivity contribution in [2.75, 3.05) is 0 Å². The van der Waals surface area contributed by atoms with Crippen LogP contribution in [0, 0.1) is 0 Å². The molecular weight excluding hydrogens is 261 g/mol. The van der Waals surface area contributed by atoms with E-state index in [9.17, 15) is 12.9 Å². The molecule has 0 atom stereocenters. The summed E-state index contributed by atoms with van der Waals surface area (Å²) in [5.41, 5.74) is -0.673. The van der Waals surface area contributed by atoms with E-state index in [2.05, 4.69) is 20.9 Å². The van der Waals surface area contributed by atoms with E-state index in [0.717, 1.165) is 12.3 Å². The normalized spacial score (nSPS) is 10.7. The molecule has 0 saturated heterocycles. The summed E-state index contributed by atoms with van der Waals surface area (Å²) in [4.78, 5) is 3.46. The first-order chi connectivity index (χ1) is 5.00. The van der Waals surface area contributed by atoms with Gasteiger partial charge in [-0.2, -0.15) is 0 Å². The number of rotatable bonds is 1. The Labute approximate surface area is 119 Å². The minimum atomic E-state index is -4.90. The van der Waals surface area contributed by atoms with E-state index >= 15 is 0 Å². The van der Waals surface area contributed by atoms with Gasteiger partial charge in [0.1, 0.15) is 4.60 Å². The number of halogens is 4. The van der Waals surface area contributed by atoms with E-state index < -0.39 is 12.4 Å². The van der Waals surface area contributed by atoms with Crippen LogP contribution in [0.4, 0.5) is 12.9 Å². The molecule has 0 radical (unpaired) electrons. The maximum absolute atomic E-state index is 11.9. The minimum Gasteiger partial charge on any atom is -0.445 e. The van der Waals surface area contributed by atoms with E-state index in [1.807, 2.05) is 0 Å². The van der Waals surface area contributed by atoms with Crippen LogP contribution in [0.25, 0.3) is 0 Å². The van der Waals surface area contributed by atoms with Crippen molar-refractivity contribution in [3.8, 4) is 0 Å². The third-order valence-electron chi connectivity index (χ3n) is 1.13. The molecule has 0 aliphatic heterocycles. The predicted octanol–water partition coefficient (Wildman–Crippen LogP) is -1.10. The molecular formula is C5H3BBrF3KN. The first-order valence-electron chi connectivity index (χ1n) is 2.81. The molecule has 1 aromatic heterocycles. The molecule has 0 saturated carbocycles. The van der Waals surface area contributed by atoms with Gasteiger partial charge in [0, 0.05) is 6.20 Å². The Morgan fingerprint density at radius 1 is 1.25 bits per heavy atom. The monoisotopic (exact) mass is 263 g/mol. The number of nitrogens with zero attached hydrogens (tertiary/aromatic N) is 1. The maximum atomic E-state index is 11.9. The van der Waals surface area contributed by atoms with Gasteiger partial charge in [-0.25, -0.2) is 0 Å². The topological polar surface area (TPSA) is 12.9 Å². The average Bonchev–Trinajstić information content (AvgIpc) is 1.86. The Hall–Kier alpha value is 1.12. The summed E-state index contributed by atoms with van der Waals surface area (Å²) >= 11 is 2.94. The molecule has 0 unspecified atom stereocenters. The number of pyridine rings is 1. The van der Waals surface area contributed by atoms with Crippen molar-refractivity contribution in [1.29, 1.82) is 0 Å². The molecule has 0 fully saturated rings. The fourth-order valence-electron chi connectivity index (χ4n) is 0.581. The second-order valence-corrected chi connectivity index (χ2v) is 2.80. The second-order valence-electron chi connectivity index (χ2n) is 1.99. The van der Waals surface area contributed by atoms with Crippen LogP contribution in [0.3, 0.4) is 0 Å². The van der Waals surface area contributed by atoms with Gasteiger partial charge in [0.05, 0.1) is 0 Å². The molecule has 0 N–H and O–H groups in total. The summed E-state index contributed by atoms with van der Waals surface area (Å²) in [6.07, 6.45) is 0.810. The van der Waals surface area contributed by atoms with Crippen molar-refractivity contribution in [2.24, 2.45) is 0 Å². The third-order valence-corrected chi connectivity index (χ3v) is 1.60. The predicted molar refractivity (Wildman–Crippen MR) is 40.6 cm³/mol. The minimum absolute atomic E-state index is 0. The molecule has 12 heavy (non-hydrogen) atoms. The largest absolute Gasteiger partial charge is 1.00 e. The third kappa shape index (κ3) is 3.89. The fraction of sp³-hybridized carbons (Fsp3) is 0. The fourth-order valence-corrected chi connectivity index (χ4v) is 0.815. The van der Waals surface area contributed by atoms with Gasteiger partial charge in [0.15, 0.2) is 0 Å². The van der Waals surface area contributed by atoms with Crippen LogP contribution in [-0.4, -0.2) is 12.0 Å². The van der Waals surface area contributed by atoms with Crippen molar-refractivity contribution in [2.45, 2.75) is 0 Å². The number of aromatic nitrogens is 1. The summed E-state index contributed by atoms with van der Waals surface area (Å²) < 4.78 is 36.2. The smallest absolute Gasteiger partial charge is 0.445 e. The van der Waals surface area contributed by atoms with Crippen LogP contribution in [0.15, 0.2) is 22.9 Å². The van der Waals surface area contributed by atoms with Crippen LogP contribution in [0.5, 0.6) is 0 Å². The molecule has 60 valence electrons. The van der Waals surface area contributed by atoms with Gasteiger partial charge in [-0.3, -0.25) is 4.98 Å². The summed E-state index contributed by atoms with van der Waals surface area (Å²) in [6.45, 7) is -4.90. The molecule has 1 rings (SSSR count). The zero-order valence-electron chi connectivity index (χ0n) is 6.27. The maximum Gasteiger partial charge on any atom is 1.00 e. The van der Waals surface area contributed by atoms with Crippen molar-refractivity contribution in [3.63, 3.8) is 0 Å². The first-order valence-corrected chi connectivity index (χ1v) is 3.61. The molecule has 1 aromatic rings. The Morgan fingerprint density at radius 3 is 2.17 bits per heavy atom. The molecule has 7 heteroatoms. The molecule has 0 aromatic carbocycles. The van der Waals surface area contributed by atoms with Gasteiger partial charge >= 0.3 is 58.4 Å². The summed E-state index contributed by atoms with van der Waals surface area (Å²) in [5, 5.41) is 0. The summed E-state index contributed by atoms with van der Waals surface area (Å²) in [5.74, 6) is 0. The van der Waals surface area contributed by atoms with Crippen molar-refractivity contribution in [3.05, 3.63) is 22.9 Å². The van der Waals surface area contributed by atoms with Gasteiger partial charge < -0.3 is 12.9 Å². The Morgan fingerprint density at radius 2 is 1.83 bits per heavy atom. The first kappa shape index (κ1) is 13.1. The van der Waals surface area contributed by atoms with Gasteiger partial charge in [0.2, 0.25) is 0 Å². The van der Waals surface area contributed by atoms with E-state index in [4.69, 9.17) is 0 Å². The van der Waals surface area contributed by atoms with E-state index in [0.29, 0.717) is 4.60 Å². The summed E-state index contributed by atoms with van der Waals surface area (Å²) in [7, 11) is 0. The standard InChI is InChI=1S/C5H3BBrF3N.K/c7-5-2-1-4(3-11-5)6(8,9)10;/h1-3H;/q-1;+1. The number of hydrogen-bond acceptors (Lipinski definition) is 1. The van der Waals surface area contributed by atoms with Gasteiger partial charge in [-0.05, 0) is 22.0 Å². The summed E-state index contributed by atoms with van der Waals surface area (Å²) in [6, 6.07) is 2.27. The van der Waals surface area contributed by atoms with Crippen LogP contribution < -0.4 is 56.8 Å². The molecule has 0 bridgehead atoms. The van der Waals surface area contributed by atoms with E-state index in [1.54, 1.807) is 0 Å². The molecule has 0 amide bonds. The van der Waals surface area contributed by atoms with Gasteiger partial charge in [-0.1, -0.05) is 11.5 Å². The molecule has 0 aliphatic carbocycles. The molecule has 0 spiro atoms. The quantitative estimate of drug-likeness (QED) is 0.463. The van der Waals surface area contributed by atoms with Crippen molar-refractivity contribution < 1.29 is 64.3 Å². The van der Waals surface area contributed by atoms with Crippen LogP contribution in [-0.2, 0) is 0 Å². The van der Waals surface area contributed by atoms with Crippen molar-refractivity contribution in [1.82, 2.24) is 4.98 Å². The van der Waals surface area contributed by atoms with Gasteiger partial charge in [-0.15, -0.1) is 0 Å². The van der Waals surface area contributed by atoms with E-state index in [-0.39, 0.29) is 51.4 Å². The average molecular weight is 264 g/mol. The number of hydrogen-bond donors (Lipinski definition) is 0. The van der Waals surface area contributed by atoms with Crippen LogP contribution in [0.1, 0.15) is 0 Å². The Balaban J connectivity index is 0.00000121. The zero-order chi connectivity index (χ0) is 8.48. The van der Waals surface area contributed by atoms with E-state index in [1.165, 1.54) is 6.07 Å². The van der Waals surface area contributed by atoms with Crippen molar-refractivity contribution >= 4 is 28.4 Å². The molecule has 0 aliphatic rings. The van der Waals surface area contributed by atoms with Crippen LogP contribution in [0.2, 0.25) is 0 Å². The second kappa shape index (κ2) is 5.11. The SMILES string of the molecule is F[B-](F)(F)c1ccc(Br)nc1.[K+]. The Bertz CT molecular complexity index is 250. The molecule has 1 heterocycles. The zero-order valence-corrected chi connectivity index (χ0v) is 11.0. The van der Waals surface area contributed by atoms with Crippen LogP contribution >= 0.6 is 15.9 Å². The molecule has 1 nitrogen and oxygen atoms in total. The van der Waals surface area contributed by atoms with Gasteiger partial charge in [0.25, 0.3) is 0 Å².